The van der Waals surface area contributed by atoms with Crippen LogP contribution in [0.5, 0.6) is 5.75 Å². The molecule has 0 aliphatic carbocycles. The predicted octanol–water partition coefficient (Wildman–Crippen LogP) is 4.46. The van der Waals surface area contributed by atoms with Gasteiger partial charge in [0.05, 0.1) is 5.69 Å². The highest BCUT2D eigenvalue weighted by Crippen LogP contribution is 2.28. The van der Waals surface area contributed by atoms with Crippen molar-refractivity contribution < 1.29 is 4.74 Å². The van der Waals surface area contributed by atoms with E-state index in [1.54, 1.807) is 0 Å². The molecule has 2 aromatic carbocycles. The molecule has 0 amide bonds. The molecule has 0 spiro atoms. The number of para-hydroxylation sites is 2. The predicted molar refractivity (Wildman–Crippen MR) is 85.6 cm³/mol. The molecule has 0 N–H and O–H groups in total. The molecule has 0 aromatic heterocycles. The van der Waals surface area contributed by atoms with E-state index in [4.69, 9.17) is 4.74 Å². The highest BCUT2D eigenvalue weighted by atomic mass is 16.5. The van der Waals surface area contributed by atoms with Crippen molar-refractivity contribution in [3.63, 3.8) is 0 Å². The van der Waals surface area contributed by atoms with Crippen LogP contribution >= 0.6 is 0 Å². The Morgan fingerprint density at radius 1 is 0.950 bits per heavy atom. The van der Waals surface area contributed by atoms with Gasteiger partial charge in [0.25, 0.3) is 0 Å². The highest BCUT2D eigenvalue weighted by molar-refractivity contribution is 5.57. The number of hydrogen-bond donors (Lipinski definition) is 0. The van der Waals surface area contributed by atoms with Crippen LogP contribution in [0.4, 0.5) is 5.69 Å². The van der Waals surface area contributed by atoms with Crippen LogP contribution in [0.15, 0.2) is 48.5 Å². The Hall–Kier alpha value is -1.96. The molecular weight excluding hydrogens is 246 g/mol. The van der Waals surface area contributed by atoms with Crippen molar-refractivity contribution in [2.45, 2.75) is 26.4 Å². The summed E-state index contributed by atoms with van der Waals surface area (Å²) >= 11 is 0. The lowest BCUT2D eigenvalue weighted by Gasteiger charge is -2.19. The second-order valence-electron chi connectivity index (χ2n) is 5.50. The SMILES string of the molecule is CC(C)c1ccccc1COc1ccccc1N(C)C. The third kappa shape index (κ3) is 3.32. The van der Waals surface area contributed by atoms with Crippen molar-refractivity contribution in [3.8, 4) is 5.75 Å². The van der Waals surface area contributed by atoms with Crippen LogP contribution in [0, 0.1) is 0 Å². The van der Waals surface area contributed by atoms with Crippen molar-refractivity contribution in [2.24, 2.45) is 0 Å². The molecule has 0 aliphatic heterocycles. The highest BCUT2D eigenvalue weighted by Gasteiger charge is 2.08. The molecule has 20 heavy (non-hydrogen) atoms. The van der Waals surface area contributed by atoms with Crippen molar-refractivity contribution in [1.82, 2.24) is 0 Å². The van der Waals surface area contributed by atoms with E-state index in [0.717, 1.165) is 11.4 Å². The van der Waals surface area contributed by atoms with E-state index in [-0.39, 0.29) is 0 Å². The molecule has 0 saturated heterocycles. The zero-order valence-electron chi connectivity index (χ0n) is 12.8. The van der Waals surface area contributed by atoms with Gasteiger partial charge in [-0.05, 0) is 29.2 Å². The van der Waals surface area contributed by atoms with Crippen LogP contribution in [-0.4, -0.2) is 14.1 Å². The van der Waals surface area contributed by atoms with Gasteiger partial charge in [-0.3, -0.25) is 0 Å². The smallest absolute Gasteiger partial charge is 0.143 e. The van der Waals surface area contributed by atoms with Gasteiger partial charge in [-0.25, -0.2) is 0 Å². The molecule has 2 aromatic rings. The van der Waals surface area contributed by atoms with E-state index in [1.807, 2.05) is 32.3 Å². The Morgan fingerprint density at radius 3 is 2.30 bits per heavy atom. The zero-order valence-corrected chi connectivity index (χ0v) is 12.8. The quantitative estimate of drug-likeness (QED) is 0.795. The topological polar surface area (TPSA) is 12.5 Å². The second kappa shape index (κ2) is 6.47. The summed E-state index contributed by atoms with van der Waals surface area (Å²) in [6, 6.07) is 16.6. The van der Waals surface area contributed by atoms with Gasteiger partial charge < -0.3 is 9.64 Å². The fraction of sp³-hybridized carbons (Fsp3) is 0.333. The number of hydrogen-bond acceptors (Lipinski definition) is 2. The van der Waals surface area contributed by atoms with Gasteiger partial charge in [0.15, 0.2) is 0 Å². The fourth-order valence-electron chi connectivity index (χ4n) is 2.33. The first-order valence-electron chi connectivity index (χ1n) is 7.06. The molecule has 0 saturated carbocycles. The van der Waals surface area contributed by atoms with Gasteiger partial charge in [0.1, 0.15) is 12.4 Å². The lowest BCUT2D eigenvalue weighted by molar-refractivity contribution is 0.305. The summed E-state index contributed by atoms with van der Waals surface area (Å²) in [4.78, 5) is 2.07. The van der Waals surface area contributed by atoms with Crippen LogP contribution < -0.4 is 9.64 Å². The molecule has 0 radical (unpaired) electrons. The number of ether oxygens (including phenoxy) is 1. The third-order valence-electron chi connectivity index (χ3n) is 3.41. The molecule has 0 bridgehead atoms. The second-order valence-corrected chi connectivity index (χ2v) is 5.50. The lowest BCUT2D eigenvalue weighted by Crippen LogP contribution is -2.11. The summed E-state index contributed by atoms with van der Waals surface area (Å²) in [5, 5.41) is 0. The van der Waals surface area contributed by atoms with Gasteiger partial charge in [-0.1, -0.05) is 50.2 Å². The van der Waals surface area contributed by atoms with Gasteiger partial charge in [-0.2, -0.15) is 0 Å². The monoisotopic (exact) mass is 269 g/mol. The van der Waals surface area contributed by atoms with E-state index < -0.39 is 0 Å². The van der Waals surface area contributed by atoms with Crippen molar-refractivity contribution >= 4 is 5.69 Å². The minimum atomic E-state index is 0.513. The van der Waals surface area contributed by atoms with E-state index in [2.05, 4.69) is 49.1 Å². The number of anilines is 1. The van der Waals surface area contributed by atoms with E-state index in [0.29, 0.717) is 12.5 Å². The maximum atomic E-state index is 6.03. The maximum Gasteiger partial charge on any atom is 0.143 e. The third-order valence-corrected chi connectivity index (χ3v) is 3.41. The summed E-state index contributed by atoms with van der Waals surface area (Å²) in [6.07, 6.45) is 0. The average molecular weight is 269 g/mol. The molecule has 2 rings (SSSR count). The molecule has 0 aliphatic rings. The lowest BCUT2D eigenvalue weighted by atomic mass is 9.98. The Balaban J connectivity index is 2.17. The van der Waals surface area contributed by atoms with E-state index in [9.17, 15) is 0 Å². The Bertz CT molecular complexity index is 509. The minimum absolute atomic E-state index is 0.513. The van der Waals surface area contributed by atoms with Crippen LogP contribution in [0.2, 0.25) is 0 Å². The summed E-state index contributed by atoms with van der Waals surface area (Å²) in [6.45, 7) is 5.04. The summed E-state index contributed by atoms with van der Waals surface area (Å²) in [5.74, 6) is 1.44. The summed E-state index contributed by atoms with van der Waals surface area (Å²) < 4.78 is 6.03. The Morgan fingerprint density at radius 2 is 1.60 bits per heavy atom. The van der Waals surface area contributed by atoms with Gasteiger partial charge >= 0.3 is 0 Å². The number of benzene rings is 2. The van der Waals surface area contributed by atoms with Crippen LogP contribution in [0.25, 0.3) is 0 Å². The molecule has 2 heteroatoms. The van der Waals surface area contributed by atoms with Gasteiger partial charge in [-0.15, -0.1) is 0 Å². The van der Waals surface area contributed by atoms with Crippen LogP contribution in [0.3, 0.4) is 0 Å². The first-order chi connectivity index (χ1) is 9.59. The Labute approximate surface area is 122 Å². The van der Waals surface area contributed by atoms with Crippen molar-refractivity contribution in [2.75, 3.05) is 19.0 Å². The Kier molecular flexibility index (Phi) is 4.67. The van der Waals surface area contributed by atoms with Crippen molar-refractivity contribution in [1.29, 1.82) is 0 Å². The summed E-state index contributed by atoms with van der Waals surface area (Å²) in [7, 11) is 4.06. The standard InChI is InChI=1S/C18H23NO/c1-14(2)16-10-6-5-9-15(16)13-20-18-12-8-7-11-17(18)19(3)4/h5-12,14H,13H2,1-4H3. The molecule has 0 fully saturated rings. The number of rotatable bonds is 5. The van der Waals surface area contributed by atoms with Crippen LogP contribution in [-0.2, 0) is 6.61 Å². The van der Waals surface area contributed by atoms with Crippen LogP contribution in [0.1, 0.15) is 30.9 Å². The molecular formula is C18H23NO. The molecule has 0 unspecified atom stereocenters. The van der Waals surface area contributed by atoms with E-state index >= 15 is 0 Å². The molecule has 0 atom stereocenters. The maximum absolute atomic E-state index is 6.03. The molecule has 2 nitrogen and oxygen atoms in total. The summed E-state index contributed by atoms with van der Waals surface area (Å²) in [5.41, 5.74) is 3.72. The van der Waals surface area contributed by atoms with Gasteiger partial charge in [0.2, 0.25) is 0 Å². The van der Waals surface area contributed by atoms with E-state index in [1.165, 1.54) is 11.1 Å². The first-order valence-corrected chi connectivity index (χ1v) is 7.06. The average Bonchev–Trinajstić information content (AvgIpc) is 2.45. The fourth-order valence-corrected chi connectivity index (χ4v) is 2.33. The minimum Gasteiger partial charge on any atom is -0.487 e. The number of nitrogens with zero attached hydrogens (tertiary/aromatic N) is 1. The first kappa shape index (κ1) is 14.4. The normalized spacial score (nSPS) is 10.7. The molecule has 0 heterocycles. The largest absolute Gasteiger partial charge is 0.487 e. The zero-order chi connectivity index (χ0) is 14.5. The molecule has 106 valence electrons. The van der Waals surface area contributed by atoms with Crippen molar-refractivity contribution in [3.05, 3.63) is 59.7 Å². The van der Waals surface area contributed by atoms with Gasteiger partial charge in [0, 0.05) is 14.1 Å².